The Bertz CT molecular complexity index is 476. The monoisotopic (exact) mass is 131 g/mol. The SMILES string of the molecule is [2H]c1c([2H])c([2H])c(NC([2H])([2H])C([2H])([2H])[2H])c([2H])c1[2H]. The van der Waals surface area contributed by atoms with Crippen LogP contribution in [-0.2, 0) is 0 Å². The first-order valence-electron chi connectivity index (χ1n) is 7.25. The summed E-state index contributed by atoms with van der Waals surface area (Å²) in [5.41, 5.74) is -0.577. The van der Waals surface area contributed by atoms with Crippen molar-refractivity contribution in [3.05, 3.63) is 30.2 Å². The van der Waals surface area contributed by atoms with Crippen LogP contribution in [0, 0.1) is 0 Å². The van der Waals surface area contributed by atoms with E-state index in [-0.39, 0.29) is 0 Å². The molecule has 0 fully saturated rings. The Morgan fingerprint density at radius 2 is 2.44 bits per heavy atom. The van der Waals surface area contributed by atoms with Crippen LogP contribution in [-0.4, -0.2) is 6.50 Å². The van der Waals surface area contributed by atoms with Gasteiger partial charge in [0, 0.05) is 19.0 Å². The van der Waals surface area contributed by atoms with E-state index in [1.165, 1.54) is 0 Å². The molecule has 1 aromatic rings. The molecule has 0 radical (unpaired) electrons. The molecule has 0 atom stereocenters. The predicted molar refractivity (Wildman–Crippen MR) is 40.6 cm³/mol. The third kappa shape index (κ3) is 1.76. The first-order chi connectivity index (χ1) is 8.40. The molecule has 0 aliphatic rings. The number of benzene rings is 1. The van der Waals surface area contributed by atoms with E-state index in [2.05, 4.69) is 0 Å². The Morgan fingerprint density at radius 3 is 3.11 bits per heavy atom. The summed E-state index contributed by atoms with van der Waals surface area (Å²) in [5, 5.41) is 1.88. The molecule has 0 bridgehead atoms. The quantitative estimate of drug-likeness (QED) is 0.648. The molecule has 0 unspecified atom stereocenters. The van der Waals surface area contributed by atoms with E-state index in [1.54, 1.807) is 0 Å². The maximum Gasteiger partial charge on any atom is 0.0645 e. The zero-order valence-electron chi connectivity index (χ0n) is 14.5. The zero-order chi connectivity index (χ0) is 15.2. The van der Waals surface area contributed by atoms with Gasteiger partial charge in [-0.25, -0.2) is 0 Å². The third-order valence-corrected chi connectivity index (χ3v) is 0.688. The van der Waals surface area contributed by atoms with Crippen LogP contribution in [0.5, 0.6) is 0 Å². The maximum absolute atomic E-state index is 7.53. The van der Waals surface area contributed by atoms with E-state index in [9.17, 15) is 0 Å². The summed E-state index contributed by atoms with van der Waals surface area (Å²) in [6, 6.07) is -3.32. The fourth-order valence-electron chi connectivity index (χ4n) is 0.375. The molecule has 0 saturated heterocycles. The van der Waals surface area contributed by atoms with Crippen LogP contribution < -0.4 is 5.32 Å². The third-order valence-electron chi connectivity index (χ3n) is 0.688. The molecule has 1 rings (SSSR count). The molecule has 1 nitrogen and oxygen atoms in total. The molecule has 0 aliphatic heterocycles. The van der Waals surface area contributed by atoms with Crippen LogP contribution in [0.3, 0.4) is 0 Å². The largest absolute Gasteiger partial charge is 0.385 e. The van der Waals surface area contributed by atoms with Crippen molar-refractivity contribution in [3.63, 3.8) is 0 Å². The van der Waals surface area contributed by atoms with Gasteiger partial charge in [0.05, 0.1) is 6.85 Å². The van der Waals surface area contributed by atoms with Crippen molar-refractivity contribution in [1.82, 2.24) is 0 Å². The van der Waals surface area contributed by atoms with Crippen LogP contribution in [0.4, 0.5) is 5.69 Å². The normalized spacial score (nSPS) is 28.0. The lowest BCUT2D eigenvalue weighted by Crippen LogP contribution is -1.94. The van der Waals surface area contributed by atoms with Crippen molar-refractivity contribution in [1.29, 1.82) is 0 Å². The van der Waals surface area contributed by atoms with E-state index in [0.29, 0.717) is 0 Å². The van der Waals surface area contributed by atoms with Gasteiger partial charge in [0.2, 0.25) is 0 Å². The molecule has 1 aromatic carbocycles. The predicted octanol–water partition coefficient (Wildman–Crippen LogP) is 2.12. The van der Waals surface area contributed by atoms with Gasteiger partial charge in [-0.05, 0) is 18.9 Å². The van der Waals surface area contributed by atoms with Gasteiger partial charge in [0.15, 0.2) is 0 Å². The first kappa shape index (κ1) is 1.22. The number of nitrogens with one attached hydrogen (secondary N) is 1. The molecule has 9 heavy (non-hydrogen) atoms. The van der Waals surface area contributed by atoms with E-state index >= 15 is 0 Å². The van der Waals surface area contributed by atoms with Crippen molar-refractivity contribution < 1.29 is 13.7 Å². The molecule has 0 heterocycles. The summed E-state index contributed by atoms with van der Waals surface area (Å²) in [6.07, 6.45) is 0. The highest BCUT2D eigenvalue weighted by Gasteiger charge is 1.81. The topological polar surface area (TPSA) is 12.0 Å². The van der Waals surface area contributed by atoms with Gasteiger partial charge in [-0.1, -0.05) is 18.1 Å². The number of anilines is 1. The molecule has 0 amide bonds. The summed E-state index contributed by atoms with van der Waals surface area (Å²) < 4.78 is 73.0. The van der Waals surface area contributed by atoms with Gasteiger partial charge in [-0.3, -0.25) is 0 Å². The Labute approximate surface area is 69.8 Å². The number of rotatable bonds is 2. The highest BCUT2D eigenvalue weighted by atomic mass is 14.8. The van der Waals surface area contributed by atoms with Gasteiger partial charge >= 0.3 is 0 Å². The minimum absolute atomic E-state index is 0.577. The Balaban J connectivity index is 3.39. The van der Waals surface area contributed by atoms with Crippen molar-refractivity contribution in [3.8, 4) is 0 Å². The summed E-state index contributed by atoms with van der Waals surface area (Å²) in [6.45, 7) is -5.96. The van der Waals surface area contributed by atoms with Gasteiger partial charge in [-0.15, -0.1) is 0 Å². The van der Waals surface area contributed by atoms with Crippen LogP contribution >= 0.6 is 0 Å². The standard InChI is InChI=1S/C8H11N/c1-2-9-8-6-4-3-5-7-8/h3-7,9H,2H2,1H3/i1D3,2D2,3D,4D,5D,6D,7D. The average Bonchev–Trinajstić information content (AvgIpc) is 2.28. The average molecular weight is 131 g/mol. The molecule has 48 valence electrons. The molecule has 0 aliphatic carbocycles. The second-order valence-corrected chi connectivity index (χ2v) is 1.25. The molecule has 0 aromatic heterocycles. The van der Waals surface area contributed by atoms with E-state index < -0.39 is 49.2 Å². The smallest absolute Gasteiger partial charge is 0.0645 e. The van der Waals surface area contributed by atoms with Crippen LogP contribution in [0.15, 0.2) is 30.2 Å². The molecule has 1 N–H and O–H groups in total. The lowest BCUT2D eigenvalue weighted by molar-refractivity contribution is 1.21. The number of hydrogen-bond acceptors (Lipinski definition) is 1. The highest BCUT2D eigenvalue weighted by molar-refractivity contribution is 5.41. The number of para-hydroxylation sites is 1. The summed E-state index contributed by atoms with van der Waals surface area (Å²) in [4.78, 5) is 0. The van der Waals surface area contributed by atoms with Crippen molar-refractivity contribution in [2.24, 2.45) is 0 Å². The van der Waals surface area contributed by atoms with Gasteiger partial charge in [0.25, 0.3) is 0 Å². The Hall–Kier alpha value is -0.980. The minimum Gasteiger partial charge on any atom is -0.385 e. The van der Waals surface area contributed by atoms with E-state index in [1.807, 2.05) is 5.32 Å². The minimum atomic E-state index is -3.05. The fourth-order valence-corrected chi connectivity index (χ4v) is 0.375. The second-order valence-electron chi connectivity index (χ2n) is 1.25. The maximum atomic E-state index is 7.53. The van der Waals surface area contributed by atoms with Crippen molar-refractivity contribution in [2.45, 2.75) is 6.85 Å². The van der Waals surface area contributed by atoms with Crippen molar-refractivity contribution in [2.75, 3.05) is 11.8 Å². The lowest BCUT2D eigenvalue weighted by atomic mass is 10.3. The van der Waals surface area contributed by atoms with Crippen LogP contribution in [0.25, 0.3) is 0 Å². The molecular weight excluding hydrogens is 110 g/mol. The van der Waals surface area contributed by atoms with Crippen LogP contribution in [0.2, 0.25) is 0 Å². The Kier molecular flexibility index (Phi) is 0.423. The second kappa shape index (κ2) is 3.13. The molecule has 0 spiro atoms. The summed E-state index contributed by atoms with van der Waals surface area (Å²) in [7, 11) is 0. The highest BCUT2D eigenvalue weighted by Crippen LogP contribution is 2.02. The number of hydrogen-bond donors (Lipinski definition) is 1. The molecule has 0 saturated carbocycles. The molecule has 1 heteroatoms. The fraction of sp³-hybridized carbons (Fsp3) is 0.250. The van der Waals surface area contributed by atoms with Gasteiger partial charge in [0.1, 0.15) is 0 Å². The Morgan fingerprint density at radius 1 is 1.67 bits per heavy atom. The lowest BCUT2D eigenvalue weighted by Gasteiger charge is -1.99. The van der Waals surface area contributed by atoms with Crippen LogP contribution in [0.1, 0.15) is 20.6 Å². The summed E-state index contributed by atoms with van der Waals surface area (Å²) in [5.74, 6) is 0. The van der Waals surface area contributed by atoms with Gasteiger partial charge in [-0.2, -0.15) is 0 Å². The zero-order valence-corrected chi connectivity index (χ0v) is 4.50. The van der Waals surface area contributed by atoms with Crippen molar-refractivity contribution >= 4 is 5.69 Å². The first-order valence-corrected chi connectivity index (χ1v) is 2.25. The summed E-state index contributed by atoms with van der Waals surface area (Å²) >= 11 is 0. The van der Waals surface area contributed by atoms with E-state index in [0.717, 1.165) is 0 Å². The van der Waals surface area contributed by atoms with Gasteiger partial charge < -0.3 is 5.32 Å². The molecular formula is C8H11N. The van der Waals surface area contributed by atoms with E-state index in [4.69, 9.17) is 13.7 Å².